The van der Waals surface area contributed by atoms with Crippen LogP contribution in [0, 0.1) is 0 Å². The van der Waals surface area contributed by atoms with Gasteiger partial charge in [0, 0.05) is 24.6 Å². The molecule has 7 heteroatoms. The molecule has 0 saturated carbocycles. The van der Waals surface area contributed by atoms with Gasteiger partial charge in [-0.05, 0) is 56.5 Å². The number of amides is 3. The van der Waals surface area contributed by atoms with Crippen molar-refractivity contribution < 1.29 is 19.1 Å². The van der Waals surface area contributed by atoms with Crippen molar-refractivity contribution in [1.82, 2.24) is 15.5 Å². The van der Waals surface area contributed by atoms with Crippen molar-refractivity contribution in [2.75, 3.05) is 6.54 Å². The van der Waals surface area contributed by atoms with Crippen molar-refractivity contribution in [1.29, 1.82) is 0 Å². The standard InChI is InChI=1S/C19H23N3O4/c1-11-8-14(6-7-20-11)26-13-2-3-15-12(9-13)10-22(19(15)25)16-4-5-17(23)21-18(16)24/h2-3,9,11,14,16,20H,4-8,10H2,1H3,(H,21,23,24)/t11-,14-,16?/m0/s1. The van der Waals surface area contributed by atoms with Crippen LogP contribution in [0.1, 0.15) is 48.5 Å². The average molecular weight is 357 g/mol. The lowest BCUT2D eigenvalue weighted by Gasteiger charge is -2.29. The number of carbonyl (C=O) groups excluding carboxylic acids is 3. The molecule has 3 atom stereocenters. The molecular formula is C19H23N3O4. The third kappa shape index (κ3) is 3.19. The fourth-order valence-corrected chi connectivity index (χ4v) is 4.01. The van der Waals surface area contributed by atoms with E-state index < -0.39 is 6.04 Å². The molecular weight excluding hydrogens is 334 g/mol. The Morgan fingerprint density at radius 1 is 1.19 bits per heavy atom. The van der Waals surface area contributed by atoms with Crippen LogP contribution in [0.2, 0.25) is 0 Å². The number of rotatable bonds is 3. The van der Waals surface area contributed by atoms with Crippen molar-refractivity contribution in [3.05, 3.63) is 29.3 Å². The van der Waals surface area contributed by atoms with E-state index in [0.717, 1.165) is 30.7 Å². The monoisotopic (exact) mass is 357 g/mol. The van der Waals surface area contributed by atoms with Gasteiger partial charge in [0.1, 0.15) is 17.9 Å². The summed E-state index contributed by atoms with van der Waals surface area (Å²) in [6.07, 6.45) is 2.73. The summed E-state index contributed by atoms with van der Waals surface area (Å²) in [5.74, 6) is -0.0535. The van der Waals surface area contributed by atoms with Crippen molar-refractivity contribution >= 4 is 17.7 Å². The van der Waals surface area contributed by atoms with E-state index >= 15 is 0 Å². The van der Waals surface area contributed by atoms with Crippen LogP contribution in [0.3, 0.4) is 0 Å². The minimum atomic E-state index is -0.581. The van der Waals surface area contributed by atoms with Crippen LogP contribution in [-0.4, -0.2) is 47.4 Å². The van der Waals surface area contributed by atoms with Gasteiger partial charge in [0.2, 0.25) is 11.8 Å². The highest BCUT2D eigenvalue weighted by Gasteiger charge is 2.39. The molecule has 2 fully saturated rings. The molecule has 138 valence electrons. The largest absolute Gasteiger partial charge is 0.490 e. The number of ether oxygens (including phenoxy) is 1. The van der Waals surface area contributed by atoms with Gasteiger partial charge in [-0.25, -0.2) is 0 Å². The summed E-state index contributed by atoms with van der Waals surface area (Å²) in [7, 11) is 0. The molecule has 3 aliphatic rings. The topological polar surface area (TPSA) is 87.7 Å². The number of imide groups is 1. The highest BCUT2D eigenvalue weighted by molar-refractivity contribution is 6.05. The summed E-state index contributed by atoms with van der Waals surface area (Å²) < 4.78 is 6.11. The first-order valence-corrected chi connectivity index (χ1v) is 9.19. The van der Waals surface area contributed by atoms with Crippen LogP contribution in [0.25, 0.3) is 0 Å². The van der Waals surface area contributed by atoms with Crippen molar-refractivity contribution in [2.45, 2.75) is 57.3 Å². The summed E-state index contributed by atoms with van der Waals surface area (Å²) in [6, 6.07) is 5.38. The Hall–Kier alpha value is -2.41. The van der Waals surface area contributed by atoms with Crippen LogP contribution < -0.4 is 15.4 Å². The SMILES string of the molecule is C[C@H]1C[C@@H](Oc2ccc3c(c2)CN(C2CCC(=O)NC2=O)C3=O)CCN1. The molecule has 0 aromatic heterocycles. The Balaban J connectivity index is 1.48. The molecule has 1 unspecified atom stereocenters. The van der Waals surface area contributed by atoms with E-state index in [1.807, 2.05) is 12.1 Å². The van der Waals surface area contributed by atoms with Gasteiger partial charge in [-0.15, -0.1) is 0 Å². The molecule has 3 aliphatic heterocycles. The zero-order valence-electron chi connectivity index (χ0n) is 14.8. The van der Waals surface area contributed by atoms with Crippen LogP contribution >= 0.6 is 0 Å². The third-order valence-electron chi connectivity index (χ3n) is 5.37. The second-order valence-corrected chi connectivity index (χ2v) is 7.34. The van der Waals surface area contributed by atoms with Crippen molar-refractivity contribution in [3.63, 3.8) is 0 Å². The fraction of sp³-hybridized carbons (Fsp3) is 0.526. The highest BCUT2D eigenvalue weighted by atomic mass is 16.5. The van der Waals surface area contributed by atoms with Crippen LogP contribution in [0.4, 0.5) is 0 Å². The smallest absolute Gasteiger partial charge is 0.255 e. The van der Waals surface area contributed by atoms with E-state index in [9.17, 15) is 14.4 Å². The van der Waals surface area contributed by atoms with Crippen LogP contribution in [-0.2, 0) is 16.1 Å². The van der Waals surface area contributed by atoms with Gasteiger partial charge in [-0.2, -0.15) is 0 Å². The Labute approximate surface area is 152 Å². The minimum Gasteiger partial charge on any atom is -0.490 e. The lowest BCUT2D eigenvalue weighted by molar-refractivity contribution is -0.136. The third-order valence-corrected chi connectivity index (χ3v) is 5.37. The molecule has 1 aromatic rings. The molecule has 3 amide bonds. The average Bonchev–Trinajstić information content (AvgIpc) is 2.91. The molecule has 26 heavy (non-hydrogen) atoms. The zero-order chi connectivity index (χ0) is 18.3. The molecule has 7 nitrogen and oxygen atoms in total. The Morgan fingerprint density at radius 3 is 2.81 bits per heavy atom. The van der Waals surface area contributed by atoms with E-state index in [1.165, 1.54) is 0 Å². The summed E-state index contributed by atoms with van der Waals surface area (Å²) >= 11 is 0. The zero-order valence-corrected chi connectivity index (χ0v) is 14.8. The van der Waals surface area contributed by atoms with E-state index in [-0.39, 0.29) is 30.2 Å². The summed E-state index contributed by atoms with van der Waals surface area (Å²) in [4.78, 5) is 37.7. The number of piperidine rings is 2. The van der Waals surface area contributed by atoms with Gasteiger partial charge in [0.25, 0.3) is 5.91 Å². The maximum absolute atomic E-state index is 12.7. The van der Waals surface area contributed by atoms with E-state index in [1.54, 1.807) is 11.0 Å². The van der Waals surface area contributed by atoms with Gasteiger partial charge in [0.15, 0.2) is 0 Å². The van der Waals surface area contributed by atoms with Gasteiger partial charge in [-0.3, -0.25) is 19.7 Å². The first-order valence-electron chi connectivity index (χ1n) is 9.19. The van der Waals surface area contributed by atoms with E-state index in [2.05, 4.69) is 17.6 Å². The highest BCUT2D eigenvalue weighted by Crippen LogP contribution is 2.31. The maximum atomic E-state index is 12.7. The number of hydrogen-bond donors (Lipinski definition) is 2. The summed E-state index contributed by atoms with van der Waals surface area (Å²) in [6.45, 7) is 3.47. The van der Waals surface area contributed by atoms with Crippen LogP contribution in [0.5, 0.6) is 5.75 Å². The lowest BCUT2D eigenvalue weighted by atomic mass is 10.0. The number of nitrogens with zero attached hydrogens (tertiary/aromatic N) is 1. The number of fused-ring (bicyclic) bond motifs is 1. The summed E-state index contributed by atoms with van der Waals surface area (Å²) in [5, 5.41) is 5.72. The van der Waals surface area contributed by atoms with Crippen molar-refractivity contribution in [3.8, 4) is 5.75 Å². The lowest BCUT2D eigenvalue weighted by Crippen LogP contribution is -2.52. The number of benzene rings is 1. The van der Waals surface area contributed by atoms with Gasteiger partial charge in [-0.1, -0.05) is 0 Å². The normalized spacial score (nSPS) is 28.7. The van der Waals surface area contributed by atoms with E-state index in [0.29, 0.717) is 24.6 Å². The molecule has 0 aliphatic carbocycles. The number of carbonyl (C=O) groups is 3. The Kier molecular flexibility index (Phi) is 4.40. The van der Waals surface area contributed by atoms with Crippen molar-refractivity contribution in [2.24, 2.45) is 0 Å². The first kappa shape index (κ1) is 17.0. The van der Waals surface area contributed by atoms with E-state index in [4.69, 9.17) is 4.74 Å². The molecule has 4 rings (SSSR count). The molecule has 1 aromatic carbocycles. The summed E-state index contributed by atoms with van der Waals surface area (Å²) in [5.41, 5.74) is 1.49. The second kappa shape index (κ2) is 6.72. The molecule has 2 saturated heterocycles. The predicted octanol–water partition coefficient (Wildman–Crippen LogP) is 0.967. The van der Waals surface area contributed by atoms with Gasteiger partial charge in [0.05, 0.1) is 0 Å². The number of hydrogen-bond acceptors (Lipinski definition) is 5. The Bertz CT molecular complexity index is 763. The second-order valence-electron chi connectivity index (χ2n) is 7.34. The van der Waals surface area contributed by atoms with Gasteiger partial charge >= 0.3 is 0 Å². The molecule has 0 radical (unpaired) electrons. The molecule has 0 bridgehead atoms. The first-order chi connectivity index (χ1) is 12.5. The quantitative estimate of drug-likeness (QED) is 0.787. The van der Waals surface area contributed by atoms with Crippen LogP contribution in [0.15, 0.2) is 18.2 Å². The fourth-order valence-electron chi connectivity index (χ4n) is 4.01. The molecule has 2 N–H and O–H groups in total. The predicted molar refractivity (Wildman–Crippen MR) is 93.6 cm³/mol. The maximum Gasteiger partial charge on any atom is 0.255 e. The minimum absolute atomic E-state index is 0.156. The van der Waals surface area contributed by atoms with Gasteiger partial charge < -0.3 is 15.0 Å². The number of nitrogens with one attached hydrogen (secondary N) is 2. The Morgan fingerprint density at radius 2 is 2.04 bits per heavy atom. The molecule has 0 spiro atoms. The molecule has 3 heterocycles.